The molecule has 3 rings (SSSR count). The lowest BCUT2D eigenvalue weighted by Crippen LogP contribution is -2.48. The van der Waals surface area contributed by atoms with Gasteiger partial charge in [0.2, 0.25) is 11.8 Å². The summed E-state index contributed by atoms with van der Waals surface area (Å²) in [6.45, 7) is 5.65. The summed E-state index contributed by atoms with van der Waals surface area (Å²) in [6, 6.07) is 10.2. The van der Waals surface area contributed by atoms with Crippen molar-refractivity contribution in [2.75, 3.05) is 41.7 Å². The van der Waals surface area contributed by atoms with E-state index in [9.17, 15) is 14.4 Å². The highest BCUT2D eigenvalue weighted by Gasteiger charge is 2.20. The molecule has 1 aromatic carbocycles. The number of anilines is 3. The van der Waals surface area contributed by atoms with Crippen molar-refractivity contribution in [3.8, 4) is 0 Å². The maximum Gasteiger partial charge on any atom is 0.276 e. The van der Waals surface area contributed by atoms with Gasteiger partial charge in [0.1, 0.15) is 0 Å². The number of piperazine rings is 1. The van der Waals surface area contributed by atoms with Gasteiger partial charge in [-0.3, -0.25) is 14.4 Å². The van der Waals surface area contributed by atoms with Gasteiger partial charge in [-0.05, 0) is 36.4 Å². The monoisotopic (exact) mass is 382 g/mol. The zero-order valence-electron chi connectivity index (χ0n) is 15.8. The summed E-state index contributed by atoms with van der Waals surface area (Å²) in [5.74, 6) is 0.227. The van der Waals surface area contributed by atoms with Crippen LogP contribution in [0.2, 0.25) is 0 Å². The SMILES string of the molecule is CC(=O)Nc1ccc(NC(=O)c2ccc(N3CCN(C(C)=O)CC3)nn2)cc1. The fourth-order valence-corrected chi connectivity index (χ4v) is 2.90. The second-order valence-corrected chi connectivity index (χ2v) is 6.48. The summed E-state index contributed by atoms with van der Waals surface area (Å²) in [5.41, 5.74) is 1.45. The van der Waals surface area contributed by atoms with E-state index in [-0.39, 0.29) is 23.4 Å². The summed E-state index contributed by atoms with van der Waals surface area (Å²) in [4.78, 5) is 38.6. The minimum atomic E-state index is -0.368. The number of carbonyl (C=O) groups is 3. The van der Waals surface area contributed by atoms with E-state index in [2.05, 4.69) is 20.8 Å². The second-order valence-electron chi connectivity index (χ2n) is 6.48. The largest absolute Gasteiger partial charge is 0.352 e. The van der Waals surface area contributed by atoms with Crippen LogP contribution in [0.5, 0.6) is 0 Å². The molecule has 1 aromatic heterocycles. The minimum absolute atomic E-state index is 0.0721. The van der Waals surface area contributed by atoms with Crippen LogP contribution in [0.4, 0.5) is 17.2 Å². The quantitative estimate of drug-likeness (QED) is 0.827. The van der Waals surface area contributed by atoms with Crippen molar-refractivity contribution < 1.29 is 14.4 Å². The molecule has 0 unspecified atom stereocenters. The lowest BCUT2D eigenvalue weighted by atomic mass is 10.2. The molecule has 0 saturated carbocycles. The average molecular weight is 382 g/mol. The molecule has 9 nitrogen and oxygen atoms in total. The standard InChI is InChI=1S/C19H22N6O3/c1-13(26)20-15-3-5-16(6-4-15)21-19(28)17-7-8-18(23-22-17)25-11-9-24(10-12-25)14(2)27/h3-8H,9-12H2,1-2H3,(H,20,26)(H,21,28). The predicted octanol–water partition coefficient (Wildman–Crippen LogP) is 1.36. The van der Waals surface area contributed by atoms with Gasteiger partial charge in [-0.1, -0.05) is 0 Å². The van der Waals surface area contributed by atoms with Gasteiger partial charge in [0.25, 0.3) is 5.91 Å². The van der Waals surface area contributed by atoms with E-state index in [1.54, 1.807) is 48.2 Å². The summed E-state index contributed by atoms with van der Waals surface area (Å²) in [7, 11) is 0. The Morgan fingerprint density at radius 3 is 1.93 bits per heavy atom. The average Bonchev–Trinajstić information content (AvgIpc) is 2.69. The smallest absolute Gasteiger partial charge is 0.276 e. The van der Waals surface area contributed by atoms with Gasteiger partial charge in [-0.25, -0.2) is 0 Å². The summed E-state index contributed by atoms with van der Waals surface area (Å²) in [6.07, 6.45) is 0. The van der Waals surface area contributed by atoms with Gasteiger partial charge in [0.05, 0.1) is 0 Å². The van der Waals surface area contributed by atoms with Gasteiger partial charge in [-0.2, -0.15) is 0 Å². The van der Waals surface area contributed by atoms with E-state index < -0.39 is 0 Å². The summed E-state index contributed by atoms with van der Waals surface area (Å²) in [5, 5.41) is 13.6. The predicted molar refractivity (Wildman–Crippen MR) is 105 cm³/mol. The summed E-state index contributed by atoms with van der Waals surface area (Å²) >= 11 is 0. The van der Waals surface area contributed by atoms with Gasteiger partial charge < -0.3 is 20.4 Å². The number of nitrogens with one attached hydrogen (secondary N) is 2. The van der Waals surface area contributed by atoms with Crippen LogP contribution in [-0.4, -0.2) is 59.0 Å². The fourth-order valence-electron chi connectivity index (χ4n) is 2.90. The molecule has 2 aromatic rings. The van der Waals surface area contributed by atoms with Crippen LogP contribution < -0.4 is 15.5 Å². The number of carbonyl (C=O) groups excluding carboxylic acids is 3. The molecular formula is C19H22N6O3. The Balaban J connectivity index is 1.58. The first-order chi connectivity index (χ1) is 13.4. The van der Waals surface area contributed by atoms with Crippen molar-refractivity contribution in [3.63, 3.8) is 0 Å². The summed E-state index contributed by atoms with van der Waals surface area (Å²) < 4.78 is 0. The van der Waals surface area contributed by atoms with Crippen LogP contribution >= 0.6 is 0 Å². The van der Waals surface area contributed by atoms with Gasteiger partial charge in [-0.15, -0.1) is 10.2 Å². The maximum atomic E-state index is 12.3. The highest BCUT2D eigenvalue weighted by atomic mass is 16.2. The molecule has 3 amide bonds. The Morgan fingerprint density at radius 2 is 1.43 bits per heavy atom. The third-order valence-corrected chi connectivity index (χ3v) is 4.40. The molecule has 2 heterocycles. The van der Waals surface area contributed by atoms with E-state index in [0.717, 1.165) is 0 Å². The number of rotatable bonds is 4. The molecule has 1 aliphatic rings. The van der Waals surface area contributed by atoms with Crippen molar-refractivity contribution >= 4 is 34.9 Å². The van der Waals surface area contributed by atoms with Crippen LogP contribution in [0.3, 0.4) is 0 Å². The van der Waals surface area contributed by atoms with Crippen molar-refractivity contribution in [3.05, 3.63) is 42.1 Å². The zero-order valence-corrected chi connectivity index (χ0v) is 15.8. The molecule has 0 bridgehead atoms. The van der Waals surface area contributed by atoms with Crippen LogP contribution in [-0.2, 0) is 9.59 Å². The molecule has 0 atom stereocenters. The number of aromatic nitrogens is 2. The number of benzene rings is 1. The molecule has 146 valence electrons. The van der Waals surface area contributed by atoms with E-state index in [0.29, 0.717) is 43.4 Å². The number of amides is 3. The highest BCUT2D eigenvalue weighted by Crippen LogP contribution is 2.16. The molecule has 0 aliphatic carbocycles. The molecular weight excluding hydrogens is 360 g/mol. The second kappa shape index (κ2) is 8.47. The molecule has 9 heteroatoms. The Morgan fingerprint density at radius 1 is 0.821 bits per heavy atom. The Hall–Kier alpha value is -3.49. The van der Waals surface area contributed by atoms with Crippen molar-refractivity contribution in [2.45, 2.75) is 13.8 Å². The van der Waals surface area contributed by atoms with Crippen LogP contribution in [0.15, 0.2) is 36.4 Å². The lowest BCUT2D eigenvalue weighted by molar-refractivity contribution is -0.129. The Kier molecular flexibility index (Phi) is 5.83. The zero-order chi connectivity index (χ0) is 20.1. The number of hydrogen-bond acceptors (Lipinski definition) is 6. The normalized spacial score (nSPS) is 13.8. The highest BCUT2D eigenvalue weighted by molar-refractivity contribution is 6.03. The molecule has 28 heavy (non-hydrogen) atoms. The van der Waals surface area contributed by atoms with E-state index in [1.165, 1.54) is 6.92 Å². The van der Waals surface area contributed by atoms with Gasteiger partial charge in [0.15, 0.2) is 11.5 Å². The first kappa shape index (κ1) is 19.3. The molecule has 0 spiro atoms. The van der Waals surface area contributed by atoms with Crippen LogP contribution in [0, 0.1) is 0 Å². The molecule has 1 aliphatic heterocycles. The van der Waals surface area contributed by atoms with E-state index in [1.807, 2.05) is 4.90 Å². The van der Waals surface area contributed by atoms with Crippen molar-refractivity contribution in [1.82, 2.24) is 15.1 Å². The maximum absolute atomic E-state index is 12.3. The Labute approximate surface area is 162 Å². The number of hydrogen-bond donors (Lipinski definition) is 2. The first-order valence-corrected chi connectivity index (χ1v) is 8.95. The van der Waals surface area contributed by atoms with Crippen molar-refractivity contribution in [1.29, 1.82) is 0 Å². The first-order valence-electron chi connectivity index (χ1n) is 8.95. The third-order valence-electron chi connectivity index (χ3n) is 4.40. The number of nitrogens with zero attached hydrogens (tertiary/aromatic N) is 4. The topological polar surface area (TPSA) is 108 Å². The van der Waals surface area contributed by atoms with Crippen LogP contribution in [0.1, 0.15) is 24.3 Å². The molecule has 1 fully saturated rings. The lowest BCUT2D eigenvalue weighted by Gasteiger charge is -2.34. The van der Waals surface area contributed by atoms with Crippen LogP contribution in [0.25, 0.3) is 0 Å². The van der Waals surface area contributed by atoms with Crippen molar-refractivity contribution in [2.24, 2.45) is 0 Å². The van der Waals surface area contributed by atoms with Gasteiger partial charge >= 0.3 is 0 Å². The van der Waals surface area contributed by atoms with E-state index >= 15 is 0 Å². The van der Waals surface area contributed by atoms with E-state index in [4.69, 9.17) is 0 Å². The molecule has 2 N–H and O–H groups in total. The Bertz CT molecular complexity index is 858. The molecule has 1 saturated heterocycles. The fraction of sp³-hybridized carbons (Fsp3) is 0.316. The minimum Gasteiger partial charge on any atom is -0.352 e. The third kappa shape index (κ3) is 4.81. The molecule has 0 radical (unpaired) electrons. The van der Waals surface area contributed by atoms with Gasteiger partial charge in [0, 0.05) is 51.4 Å².